The molecule has 10 nitrogen and oxygen atoms in total. The third-order valence-electron chi connectivity index (χ3n) is 10.6. The van der Waals surface area contributed by atoms with Crippen LogP contribution in [-0.2, 0) is 27.2 Å². The van der Waals surface area contributed by atoms with Crippen LogP contribution in [0.3, 0.4) is 0 Å². The lowest BCUT2D eigenvalue weighted by Crippen LogP contribution is -2.35. The first-order valence-electron chi connectivity index (χ1n) is 19.8. The summed E-state index contributed by atoms with van der Waals surface area (Å²) in [7, 11) is 0. The molecule has 0 bridgehead atoms. The summed E-state index contributed by atoms with van der Waals surface area (Å²) in [4.78, 5) is 51.0. The molecule has 2 aliphatic rings. The van der Waals surface area contributed by atoms with Gasteiger partial charge in [-0.2, -0.15) is 8.78 Å². The van der Waals surface area contributed by atoms with Gasteiger partial charge in [0.25, 0.3) is 5.91 Å². The molecule has 3 aromatic carbocycles. The van der Waals surface area contributed by atoms with Crippen molar-refractivity contribution in [3.63, 3.8) is 0 Å². The maximum absolute atomic E-state index is 14.4. The molecule has 1 fully saturated rings. The zero-order valence-corrected chi connectivity index (χ0v) is 34.2. The van der Waals surface area contributed by atoms with Crippen molar-refractivity contribution in [3.8, 4) is 16.9 Å². The highest BCUT2D eigenvalue weighted by Gasteiger charge is 2.43. The predicted molar refractivity (Wildman–Crippen MR) is 221 cm³/mol. The number of pyridine rings is 1. The normalized spacial score (nSPS) is 17.1. The number of ether oxygens (including phenoxy) is 3. The topological polar surface area (TPSA) is 120 Å². The number of anilines is 2. The summed E-state index contributed by atoms with van der Waals surface area (Å²) in [6.45, 7) is 9.81. The summed E-state index contributed by atoms with van der Waals surface area (Å²) in [5.74, 6) is -4.89. The van der Waals surface area contributed by atoms with Crippen LogP contribution >= 0.6 is 11.3 Å². The lowest BCUT2D eigenvalue weighted by molar-refractivity contribution is -0.174. The first kappa shape index (κ1) is 40.8. The minimum atomic E-state index is -3.51. The van der Waals surface area contributed by atoms with E-state index in [2.05, 4.69) is 19.9 Å². The number of aromatic nitrogens is 2. The number of nitrogens with zero attached hydrogens (tertiary/aromatic N) is 3. The van der Waals surface area contributed by atoms with E-state index in [0.29, 0.717) is 73.0 Å². The number of thiazole rings is 1. The molecule has 1 saturated carbocycles. The standard InChI is InChI=1S/C45H48F2N4O6S/c1-6-55-42(54)45(46,47)25-28-17-19-30(20-18-28)56-36-15-10-12-31(27(36)2)32-21-22-38(49-39(32)41(53)57-44(3,4)5)51-24-23-29-11-9-13-33(34(29)26-51)40(52)50-43-48-35-14-7-8-16-37(35)58-43/h7-16,21-22,28,30H,6,17-20,23-26H2,1-5H3,(H,48,50,52). The van der Waals surface area contributed by atoms with Crippen LogP contribution in [0.5, 0.6) is 5.75 Å². The first-order valence-corrected chi connectivity index (χ1v) is 20.6. The number of hydrogen-bond donors (Lipinski definition) is 1. The Labute approximate surface area is 340 Å². The Hall–Kier alpha value is -5.43. The number of amides is 1. The average molecular weight is 811 g/mol. The van der Waals surface area contributed by atoms with Crippen LogP contribution < -0.4 is 15.0 Å². The predicted octanol–water partition coefficient (Wildman–Crippen LogP) is 9.96. The van der Waals surface area contributed by atoms with Gasteiger partial charge >= 0.3 is 17.9 Å². The van der Waals surface area contributed by atoms with Crippen molar-refractivity contribution in [1.82, 2.24) is 9.97 Å². The van der Waals surface area contributed by atoms with Gasteiger partial charge in [-0.25, -0.2) is 19.6 Å². The van der Waals surface area contributed by atoms with E-state index in [-0.39, 0.29) is 30.2 Å². The van der Waals surface area contributed by atoms with Crippen LogP contribution in [0.2, 0.25) is 0 Å². The Morgan fingerprint density at radius 3 is 2.41 bits per heavy atom. The zero-order valence-electron chi connectivity index (χ0n) is 33.4. The molecule has 3 heterocycles. The van der Waals surface area contributed by atoms with Gasteiger partial charge in [0, 0.05) is 30.6 Å². The van der Waals surface area contributed by atoms with Crippen molar-refractivity contribution >= 4 is 50.3 Å². The fraction of sp³-hybridized carbons (Fsp3) is 0.400. The Morgan fingerprint density at radius 2 is 1.67 bits per heavy atom. The second-order valence-corrected chi connectivity index (χ2v) is 17.0. The minimum Gasteiger partial charge on any atom is -0.490 e. The Balaban J connectivity index is 1.11. The second-order valence-electron chi connectivity index (χ2n) is 15.9. The minimum absolute atomic E-state index is 0.0873. The van der Waals surface area contributed by atoms with Crippen molar-refractivity contribution < 1.29 is 37.4 Å². The molecule has 1 N–H and O–H groups in total. The van der Waals surface area contributed by atoms with E-state index in [9.17, 15) is 23.2 Å². The number of hydrogen-bond acceptors (Lipinski definition) is 10. The second kappa shape index (κ2) is 16.8. The van der Waals surface area contributed by atoms with Crippen molar-refractivity contribution in [3.05, 3.63) is 101 Å². The van der Waals surface area contributed by atoms with Gasteiger partial charge in [0.1, 0.15) is 17.2 Å². The highest BCUT2D eigenvalue weighted by molar-refractivity contribution is 7.22. The van der Waals surface area contributed by atoms with Gasteiger partial charge in [-0.15, -0.1) is 0 Å². The third-order valence-corrected chi connectivity index (χ3v) is 11.6. The van der Waals surface area contributed by atoms with Gasteiger partial charge < -0.3 is 19.1 Å². The number of halogens is 2. The van der Waals surface area contributed by atoms with Gasteiger partial charge in [-0.05, 0) is 131 Å². The van der Waals surface area contributed by atoms with E-state index < -0.39 is 29.9 Å². The average Bonchev–Trinajstić information content (AvgIpc) is 3.60. The molecular formula is C45H48F2N4O6S. The molecule has 0 radical (unpaired) electrons. The number of fused-ring (bicyclic) bond motifs is 2. The molecule has 7 rings (SSSR count). The molecule has 304 valence electrons. The van der Waals surface area contributed by atoms with Crippen LogP contribution in [0.1, 0.15) is 97.3 Å². The maximum Gasteiger partial charge on any atom is 0.376 e. The Morgan fingerprint density at radius 1 is 0.914 bits per heavy atom. The quantitative estimate of drug-likeness (QED) is 0.130. The van der Waals surface area contributed by atoms with Gasteiger partial charge in [0.05, 0.1) is 22.9 Å². The number of carbonyl (C=O) groups is 3. The largest absolute Gasteiger partial charge is 0.490 e. The summed E-state index contributed by atoms with van der Waals surface area (Å²) in [5, 5.41) is 3.53. The van der Waals surface area contributed by atoms with Gasteiger partial charge in [-0.1, -0.05) is 47.7 Å². The highest BCUT2D eigenvalue weighted by atomic mass is 32.1. The molecule has 0 saturated heterocycles. The SMILES string of the molecule is CCOC(=O)C(F)(F)CC1CCC(Oc2cccc(-c3ccc(N4CCc5cccc(C(=O)Nc6nc7ccccc7s6)c5C4)nc3C(=O)OC(C)(C)C)c2C)CC1. The Bertz CT molecular complexity index is 2300. The van der Waals surface area contributed by atoms with Gasteiger partial charge in [0.2, 0.25) is 0 Å². The number of nitrogens with one attached hydrogen (secondary N) is 1. The van der Waals surface area contributed by atoms with E-state index in [1.807, 2.05) is 100 Å². The van der Waals surface area contributed by atoms with Gasteiger partial charge in [0.15, 0.2) is 10.8 Å². The number of para-hydroxylation sites is 1. The maximum atomic E-state index is 14.4. The monoisotopic (exact) mass is 810 g/mol. The molecule has 5 aromatic rings. The number of esters is 2. The number of carbonyl (C=O) groups excluding carboxylic acids is 3. The van der Waals surface area contributed by atoms with Gasteiger partial charge in [-0.3, -0.25) is 10.1 Å². The molecule has 1 amide bonds. The van der Waals surface area contributed by atoms with Crippen molar-refractivity contribution in [2.24, 2.45) is 5.92 Å². The van der Waals surface area contributed by atoms with Crippen LogP contribution in [0.15, 0.2) is 72.8 Å². The van der Waals surface area contributed by atoms with E-state index in [1.165, 1.54) is 18.3 Å². The van der Waals surface area contributed by atoms with Crippen LogP contribution in [0.25, 0.3) is 21.3 Å². The summed E-state index contributed by atoms with van der Waals surface area (Å²) in [6, 6.07) is 22.9. The highest BCUT2D eigenvalue weighted by Crippen LogP contribution is 2.39. The van der Waals surface area contributed by atoms with E-state index in [1.54, 1.807) is 0 Å². The summed E-state index contributed by atoms with van der Waals surface area (Å²) in [6.07, 6.45) is 2.09. The smallest absolute Gasteiger partial charge is 0.376 e. The molecule has 0 spiro atoms. The molecule has 2 aromatic heterocycles. The van der Waals surface area contributed by atoms with Crippen molar-refractivity contribution in [2.75, 3.05) is 23.4 Å². The number of alkyl halides is 2. The lowest BCUT2D eigenvalue weighted by atomic mass is 9.83. The molecule has 13 heteroatoms. The molecule has 0 atom stereocenters. The van der Waals surface area contributed by atoms with Crippen LogP contribution in [0.4, 0.5) is 19.7 Å². The van der Waals surface area contributed by atoms with E-state index in [4.69, 9.17) is 14.5 Å². The summed E-state index contributed by atoms with van der Waals surface area (Å²) in [5.41, 5.74) is 4.86. The molecular weight excluding hydrogens is 763 g/mol. The number of benzene rings is 3. The van der Waals surface area contributed by atoms with E-state index in [0.717, 1.165) is 32.5 Å². The molecule has 1 aliphatic carbocycles. The molecule has 58 heavy (non-hydrogen) atoms. The molecule has 1 aliphatic heterocycles. The third kappa shape index (κ3) is 9.14. The first-order chi connectivity index (χ1) is 27.7. The summed E-state index contributed by atoms with van der Waals surface area (Å²) >= 11 is 1.43. The fourth-order valence-electron chi connectivity index (χ4n) is 7.75. The lowest BCUT2D eigenvalue weighted by Gasteiger charge is -2.32. The van der Waals surface area contributed by atoms with Crippen molar-refractivity contribution in [2.45, 2.75) is 97.3 Å². The number of rotatable bonds is 11. The molecule has 0 unspecified atom stereocenters. The van der Waals surface area contributed by atoms with Crippen molar-refractivity contribution in [1.29, 1.82) is 0 Å². The van der Waals surface area contributed by atoms with Crippen LogP contribution in [0, 0.1) is 12.8 Å². The Kier molecular flexibility index (Phi) is 11.8. The van der Waals surface area contributed by atoms with Crippen LogP contribution in [-0.4, -0.2) is 58.6 Å². The zero-order chi connectivity index (χ0) is 41.2. The van der Waals surface area contributed by atoms with E-state index >= 15 is 0 Å². The summed E-state index contributed by atoms with van der Waals surface area (Å²) < 4.78 is 46.8. The fourth-order valence-corrected chi connectivity index (χ4v) is 8.61.